The maximum atomic E-state index is 4.35. The van der Waals surface area contributed by atoms with Crippen LogP contribution in [0.15, 0.2) is 16.6 Å². The van der Waals surface area contributed by atoms with E-state index in [1.165, 1.54) is 37.0 Å². The second kappa shape index (κ2) is 4.44. The SMILES string of the molecule is CN=C(C=C(C)C)C1CCCC1. The normalized spacial score (nSPS) is 19.8. The van der Waals surface area contributed by atoms with Crippen molar-refractivity contribution in [2.45, 2.75) is 39.5 Å². The summed E-state index contributed by atoms with van der Waals surface area (Å²) < 4.78 is 0. The molecule has 0 amide bonds. The van der Waals surface area contributed by atoms with Crippen molar-refractivity contribution in [1.29, 1.82) is 0 Å². The van der Waals surface area contributed by atoms with Gasteiger partial charge in [0.05, 0.1) is 0 Å². The molecule has 0 aromatic rings. The third-order valence-corrected chi connectivity index (χ3v) is 2.47. The molecule has 1 rings (SSSR count). The topological polar surface area (TPSA) is 12.4 Å². The third-order valence-electron chi connectivity index (χ3n) is 2.47. The number of nitrogens with zero attached hydrogens (tertiary/aromatic N) is 1. The number of rotatable bonds is 2. The van der Waals surface area contributed by atoms with Gasteiger partial charge in [-0.25, -0.2) is 0 Å². The summed E-state index contributed by atoms with van der Waals surface area (Å²) in [5.74, 6) is 0.755. The molecule has 0 heterocycles. The van der Waals surface area contributed by atoms with Crippen LogP contribution in [0.3, 0.4) is 0 Å². The highest BCUT2D eigenvalue weighted by atomic mass is 14.7. The lowest BCUT2D eigenvalue weighted by Gasteiger charge is -2.08. The van der Waals surface area contributed by atoms with Gasteiger partial charge in [-0.1, -0.05) is 18.4 Å². The Kier molecular flexibility index (Phi) is 3.51. The molecule has 0 aliphatic heterocycles. The zero-order valence-corrected chi connectivity index (χ0v) is 8.43. The first-order valence-electron chi connectivity index (χ1n) is 4.85. The average Bonchev–Trinajstić information content (AvgIpc) is 2.51. The Morgan fingerprint density at radius 3 is 2.25 bits per heavy atom. The standard InChI is InChI=1S/C11H19N/c1-9(2)8-11(12-3)10-6-4-5-7-10/h8,10H,4-7H2,1-3H3. The fourth-order valence-corrected chi connectivity index (χ4v) is 1.88. The van der Waals surface area contributed by atoms with Crippen LogP contribution in [0.25, 0.3) is 0 Å². The minimum atomic E-state index is 0.755. The molecule has 1 aliphatic rings. The maximum Gasteiger partial charge on any atom is 0.0375 e. The van der Waals surface area contributed by atoms with Crippen LogP contribution in [0.2, 0.25) is 0 Å². The van der Waals surface area contributed by atoms with E-state index >= 15 is 0 Å². The molecule has 0 aromatic heterocycles. The molecule has 0 bridgehead atoms. The molecule has 0 spiro atoms. The molecule has 12 heavy (non-hydrogen) atoms. The van der Waals surface area contributed by atoms with Crippen molar-refractivity contribution < 1.29 is 0 Å². The largest absolute Gasteiger partial charge is 0.293 e. The fraction of sp³-hybridized carbons (Fsp3) is 0.727. The second-order valence-corrected chi connectivity index (χ2v) is 3.85. The van der Waals surface area contributed by atoms with Gasteiger partial charge in [0.25, 0.3) is 0 Å². The van der Waals surface area contributed by atoms with Crippen LogP contribution in [0.5, 0.6) is 0 Å². The van der Waals surface area contributed by atoms with Gasteiger partial charge in [0.15, 0.2) is 0 Å². The van der Waals surface area contributed by atoms with Gasteiger partial charge in [0.1, 0.15) is 0 Å². The van der Waals surface area contributed by atoms with Gasteiger partial charge in [-0.05, 0) is 32.8 Å². The van der Waals surface area contributed by atoms with E-state index < -0.39 is 0 Å². The van der Waals surface area contributed by atoms with Crippen molar-refractivity contribution in [2.24, 2.45) is 10.9 Å². The van der Waals surface area contributed by atoms with Crippen molar-refractivity contribution in [3.8, 4) is 0 Å². The number of hydrogen-bond acceptors (Lipinski definition) is 1. The first-order chi connectivity index (χ1) is 5.74. The molecular weight excluding hydrogens is 146 g/mol. The highest BCUT2D eigenvalue weighted by Crippen LogP contribution is 2.26. The first-order valence-corrected chi connectivity index (χ1v) is 4.85. The van der Waals surface area contributed by atoms with E-state index in [1.54, 1.807) is 0 Å². The smallest absolute Gasteiger partial charge is 0.0375 e. The zero-order valence-electron chi connectivity index (χ0n) is 8.43. The average molecular weight is 165 g/mol. The van der Waals surface area contributed by atoms with E-state index in [4.69, 9.17) is 0 Å². The molecule has 0 atom stereocenters. The maximum absolute atomic E-state index is 4.35. The van der Waals surface area contributed by atoms with Crippen LogP contribution in [-0.2, 0) is 0 Å². The molecule has 0 aromatic carbocycles. The molecule has 0 N–H and O–H groups in total. The summed E-state index contributed by atoms with van der Waals surface area (Å²) in [6.07, 6.45) is 7.70. The van der Waals surface area contributed by atoms with Gasteiger partial charge in [0.2, 0.25) is 0 Å². The lowest BCUT2D eigenvalue weighted by molar-refractivity contribution is 0.730. The Bertz CT molecular complexity index is 191. The Morgan fingerprint density at radius 2 is 1.83 bits per heavy atom. The quantitative estimate of drug-likeness (QED) is 0.557. The van der Waals surface area contributed by atoms with Gasteiger partial charge in [0, 0.05) is 18.7 Å². The van der Waals surface area contributed by atoms with E-state index in [0.29, 0.717) is 0 Å². The number of hydrogen-bond donors (Lipinski definition) is 0. The van der Waals surface area contributed by atoms with E-state index in [2.05, 4.69) is 24.9 Å². The van der Waals surface area contributed by atoms with E-state index in [0.717, 1.165) is 5.92 Å². The molecule has 1 aliphatic carbocycles. The summed E-state index contributed by atoms with van der Waals surface area (Å²) in [5, 5.41) is 0. The van der Waals surface area contributed by atoms with Crippen molar-refractivity contribution >= 4 is 5.71 Å². The van der Waals surface area contributed by atoms with E-state index in [9.17, 15) is 0 Å². The highest BCUT2D eigenvalue weighted by Gasteiger charge is 2.18. The molecule has 0 unspecified atom stereocenters. The summed E-state index contributed by atoms with van der Waals surface area (Å²) in [5.41, 5.74) is 2.68. The van der Waals surface area contributed by atoms with Gasteiger partial charge in [-0.2, -0.15) is 0 Å². The van der Waals surface area contributed by atoms with E-state index in [1.807, 2.05) is 7.05 Å². The van der Waals surface area contributed by atoms with Crippen molar-refractivity contribution in [2.75, 3.05) is 7.05 Å². The number of aliphatic imine (C=N–C) groups is 1. The van der Waals surface area contributed by atoms with E-state index in [-0.39, 0.29) is 0 Å². The van der Waals surface area contributed by atoms with Crippen LogP contribution in [0.4, 0.5) is 0 Å². The molecule has 1 nitrogen and oxygen atoms in total. The Balaban J connectivity index is 2.62. The highest BCUT2D eigenvalue weighted by molar-refractivity contribution is 5.97. The lowest BCUT2D eigenvalue weighted by atomic mass is 10.00. The molecule has 1 saturated carbocycles. The fourth-order valence-electron chi connectivity index (χ4n) is 1.88. The minimum absolute atomic E-state index is 0.755. The monoisotopic (exact) mass is 165 g/mol. The van der Waals surface area contributed by atoms with Crippen molar-refractivity contribution in [1.82, 2.24) is 0 Å². The number of allylic oxidation sites excluding steroid dienone is 2. The summed E-state index contributed by atoms with van der Waals surface area (Å²) in [6.45, 7) is 4.28. The van der Waals surface area contributed by atoms with Crippen molar-refractivity contribution in [3.63, 3.8) is 0 Å². The van der Waals surface area contributed by atoms with Crippen LogP contribution in [0.1, 0.15) is 39.5 Å². The zero-order chi connectivity index (χ0) is 8.97. The predicted octanol–water partition coefficient (Wildman–Crippen LogP) is 3.21. The van der Waals surface area contributed by atoms with Gasteiger partial charge < -0.3 is 0 Å². The molecule has 0 saturated heterocycles. The van der Waals surface area contributed by atoms with Crippen LogP contribution in [0, 0.1) is 5.92 Å². The Hall–Kier alpha value is -0.590. The van der Waals surface area contributed by atoms with Crippen LogP contribution >= 0.6 is 0 Å². The summed E-state index contributed by atoms with van der Waals surface area (Å²) in [6, 6.07) is 0. The molecule has 0 radical (unpaired) electrons. The van der Waals surface area contributed by atoms with Crippen molar-refractivity contribution in [3.05, 3.63) is 11.6 Å². The first kappa shape index (κ1) is 9.50. The minimum Gasteiger partial charge on any atom is -0.293 e. The molecular formula is C11H19N. The predicted molar refractivity (Wildman–Crippen MR) is 54.7 cm³/mol. The molecule has 1 heteroatoms. The Morgan fingerprint density at radius 1 is 1.25 bits per heavy atom. The summed E-state index contributed by atoms with van der Waals surface area (Å²) >= 11 is 0. The third kappa shape index (κ3) is 2.47. The van der Waals surface area contributed by atoms with Gasteiger partial charge in [-0.15, -0.1) is 0 Å². The second-order valence-electron chi connectivity index (χ2n) is 3.85. The lowest BCUT2D eigenvalue weighted by Crippen LogP contribution is -2.08. The molecule has 68 valence electrons. The van der Waals surface area contributed by atoms with Crippen LogP contribution < -0.4 is 0 Å². The van der Waals surface area contributed by atoms with Crippen LogP contribution in [-0.4, -0.2) is 12.8 Å². The molecule has 1 fully saturated rings. The Labute approximate surface area is 75.6 Å². The summed E-state index contributed by atoms with van der Waals surface area (Å²) in [7, 11) is 1.91. The summed E-state index contributed by atoms with van der Waals surface area (Å²) in [4.78, 5) is 4.35. The van der Waals surface area contributed by atoms with Gasteiger partial charge >= 0.3 is 0 Å². The van der Waals surface area contributed by atoms with Gasteiger partial charge in [-0.3, -0.25) is 4.99 Å².